The topological polar surface area (TPSA) is 97.8 Å². The molecular formula is C34H27N3O5. The molecule has 7 rings (SSSR count). The van der Waals surface area contributed by atoms with E-state index in [1.807, 2.05) is 65.7 Å². The Morgan fingerprint density at radius 3 is 2.45 bits per heavy atom. The van der Waals surface area contributed by atoms with Crippen LogP contribution in [0.1, 0.15) is 43.4 Å². The van der Waals surface area contributed by atoms with E-state index in [9.17, 15) is 14.4 Å². The van der Waals surface area contributed by atoms with Crippen molar-refractivity contribution in [3.8, 4) is 11.5 Å². The molecule has 3 aliphatic rings. The molecule has 1 spiro atoms. The smallest absolute Gasteiger partial charge is 0.238 e. The van der Waals surface area contributed by atoms with Crippen molar-refractivity contribution in [3.63, 3.8) is 0 Å². The lowest BCUT2D eigenvalue weighted by molar-refractivity contribution is -0.122. The third-order valence-corrected chi connectivity index (χ3v) is 8.76. The number of nitrogens with one attached hydrogen (secondary N) is 1. The van der Waals surface area contributed by atoms with Crippen molar-refractivity contribution in [2.75, 3.05) is 19.5 Å². The van der Waals surface area contributed by atoms with E-state index in [1.165, 1.54) is 14.2 Å². The van der Waals surface area contributed by atoms with Crippen LogP contribution >= 0.6 is 0 Å². The third kappa shape index (κ3) is 3.48. The van der Waals surface area contributed by atoms with Gasteiger partial charge in [0.2, 0.25) is 5.91 Å². The monoisotopic (exact) mass is 557 g/mol. The minimum absolute atomic E-state index is 0.297. The highest BCUT2D eigenvalue weighted by Gasteiger charge is 2.70. The van der Waals surface area contributed by atoms with Crippen molar-refractivity contribution >= 4 is 29.2 Å². The van der Waals surface area contributed by atoms with Crippen LogP contribution in [0, 0.1) is 5.92 Å². The first-order valence-electron chi connectivity index (χ1n) is 13.7. The number of hydrogen-bond acceptors (Lipinski definition) is 7. The minimum atomic E-state index is -1.40. The highest BCUT2D eigenvalue weighted by atomic mass is 16.5. The van der Waals surface area contributed by atoms with Crippen molar-refractivity contribution in [3.05, 3.63) is 125 Å². The van der Waals surface area contributed by atoms with Gasteiger partial charge in [-0.25, -0.2) is 0 Å². The first-order chi connectivity index (χ1) is 20.5. The predicted octanol–water partition coefficient (Wildman–Crippen LogP) is 5.08. The molecule has 8 heteroatoms. The van der Waals surface area contributed by atoms with E-state index in [4.69, 9.17) is 9.47 Å². The highest BCUT2D eigenvalue weighted by Crippen LogP contribution is 2.62. The Labute approximate surface area is 242 Å². The summed E-state index contributed by atoms with van der Waals surface area (Å²) in [5.41, 5.74) is 2.40. The second-order valence-corrected chi connectivity index (χ2v) is 10.6. The standard InChI is InChI=1S/C34H27N3O5/c1-41-22-11-12-24(27(19-22)42-2)31(39)29-28(30(38)21-13-16-35-17-14-21)34(25-9-5-6-10-26(25)36-33(34)40)32-23-8-4-3-7-20(23)15-18-37(29)32/h3-19,28-29,32H,1-2H3,(H,36,40)/t28-,29-,32+,34+/m0/s1. The van der Waals surface area contributed by atoms with Crippen molar-refractivity contribution in [1.82, 2.24) is 9.88 Å². The SMILES string of the molecule is COc1ccc(C(=O)[C@@H]2[C@@H](C(=O)c3ccncc3)[C@@]3(C(=O)Nc4ccccc43)[C@H]3c4ccccc4C=CN23)c(OC)c1. The van der Waals surface area contributed by atoms with Gasteiger partial charge in [0.25, 0.3) is 0 Å². The van der Waals surface area contributed by atoms with Gasteiger partial charge >= 0.3 is 0 Å². The zero-order valence-electron chi connectivity index (χ0n) is 23.0. The average Bonchev–Trinajstić information content (AvgIpc) is 3.52. The molecule has 1 saturated heterocycles. The molecule has 208 valence electrons. The fraction of sp³-hybridized carbons (Fsp3) is 0.176. The van der Waals surface area contributed by atoms with Crippen LogP contribution in [0.25, 0.3) is 6.08 Å². The summed E-state index contributed by atoms with van der Waals surface area (Å²) in [6, 6.07) is 21.9. The number of amides is 1. The number of para-hydroxylation sites is 1. The first kappa shape index (κ1) is 25.7. The van der Waals surface area contributed by atoms with E-state index in [0.29, 0.717) is 33.9 Å². The number of Topliss-reactive ketones (excluding diaryl/α,β-unsaturated/α-hetero) is 2. The normalized spacial score (nSPS) is 23.1. The Morgan fingerprint density at radius 2 is 1.67 bits per heavy atom. The Morgan fingerprint density at radius 1 is 0.905 bits per heavy atom. The van der Waals surface area contributed by atoms with Crippen LogP contribution in [0.4, 0.5) is 5.69 Å². The van der Waals surface area contributed by atoms with Crippen LogP contribution in [0.5, 0.6) is 11.5 Å². The molecule has 3 aliphatic heterocycles. The Hall–Kier alpha value is -5.24. The van der Waals surface area contributed by atoms with Gasteiger partial charge in [-0.3, -0.25) is 19.4 Å². The molecule has 4 aromatic rings. The lowest BCUT2D eigenvalue weighted by Gasteiger charge is -2.38. The summed E-state index contributed by atoms with van der Waals surface area (Å²) in [5.74, 6) is -1.17. The number of rotatable bonds is 6. The zero-order chi connectivity index (χ0) is 29.0. The van der Waals surface area contributed by atoms with E-state index >= 15 is 0 Å². The van der Waals surface area contributed by atoms with Gasteiger partial charge in [-0.05, 0) is 53.1 Å². The van der Waals surface area contributed by atoms with Crippen LogP contribution in [0.15, 0.2) is 97.5 Å². The van der Waals surface area contributed by atoms with E-state index in [2.05, 4.69) is 10.3 Å². The summed E-state index contributed by atoms with van der Waals surface area (Å²) in [5, 5.41) is 3.06. The molecule has 0 unspecified atom stereocenters. The van der Waals surface area contributed by atoms with Crippen LogP contribution in [-0.2, 0) is 10.2 Å². The number of benzene rings is 3. The van der Waals surface area contributed by atoms with Gasteiger partial charge in [-0.2, -0.15) is 0 Å². The Balaban J connectivity index is 1.53. The van der Waals surface area contributed by atoms with Crippen LogP contribution in [0.2, 0.25) is 0 Å². The number of anilines is 1. The van der Waals surface area contributed by atoms with Gasteiger partial charge in [0.05, 0.1) is 31.7 Å². The van der Waals surface area contributed by atoms with E-state index < -0.39 is 23.4 Å². The summed E-state index contributed by atoms with van der Waals surface area (Å²) in [6.45, 7) is 0. The second-order valence-electron chi connectivity index (χ2n) is 10.6. The lowest BCUT2D eigenvalue weighted by atomic mass is 9.62. The van der Waals surface area contributed by atoms with Gasteiger partial charge in [0.1, 0.15) is 23.0 Å². The lowest BCUT2D eigenvalue weighted by Crippen LogP contribution is -2.49. The number of pyridine rings is 1. The molecule has 1 amide bonds. The van der Waals surface area contributed by atoms with Gasteiger partial charge in [-0.15, -0.1) is 0 Å². The van der Waals surface area contributed by atoms with Crippen LogP contribution < -0.4 is 14.8 Å². The van der Waals surface area contributed by atoms with Crippen LogP contribution in [0.3, 0.4) is 0 Å². The maximum absolute atomic E-state index is 14.8. The zero-order valence-corrected chi connectivity index (χ0v) is 23.0. The summed E-state index contributed by atoms with van der Waals surface area (Å²) < 4.78 is 11.0. The number of ether oxygens (including phenoxy) is 2. The van der Waals surface area contributed by atoms with Crippen molar-refractivity contribution in [2.24, 2.45) is 5.92 Å². The third-order valence-electron chi connectivity index (χ3n) is 8.76. The summed E-state index contributed by atoms with van der Waals surface area (Å²) in [6.07, 6.45) is 6.87. The Bertz CT molecular complexity index is 1790. The molecule has 4 atom stereocenters. The minimum Gasteiger partial charge on any atom is -0.497 e. The molecule has 8 nitrogen and oxygen atoms in total. The molecule has 42 heavy (non-hydrogen) atoms. The molecule has 0 aliphatic carbocycles. The molecule has 1 aromatic heterocycles. The summed E-state index contributed by atoms with van der Waals surface area (Å²) >= 11 is 0. The number of fused-ring (bicyclic) bond motifs is 6. The molecule has 0 bridgehead atoms. The highest BCUT2D eigenvalue weighted by molar-refractivity contribution is 6.17. The van der Waals surface area contributed by atoms with Gasteiger partial charge < -0.3 is 19.7 Å². The number of nitrogens with zero attached hydrogens (tertiary/aromatic N) is 2. The number of aromatic nitrogens is 1. The second kappa shape index (κ2) is 9.69. The number of methoxy groups -OCH3 is 2. The molecule has 0 radical (unpaired) electrons. The number of ketones is 2. The fourth-order valence-corrected chi connectivity index (χ4v) is 7.02. The van der Waals surface area contributed by atoms with Crippen LogP contribution in [-0.4, -0.2) is 47.6 Å². The fourth-order valence-electron chi connectivity index (χ4n) is 7.02. The quantitative estimate of drug-likeness (QED) is 0.330. The van der Waals surface area contributed by atoms with E-state index in [-0.39, 0.29) is 17.5 Å². The van der Waals surface area contributed by atoms with E-state index in [0.717, 1.165) is 11.1 Å². The largest absolute Gasteiger partial charge is 0.497 e. The maximum Gasteiger partial charge on any atom is 0.238 e. The average molecular weight is 558 g/mol. The Kier molecular flexibility index (Phi) is 5.93. The first-order valence-corrected chi connectivity index (χ1v) is 13.7. The van der Waals surface area contributed by atoms with Crippen molar-refractivity contribution in [2.45, 2.75) is 17.5 Å². The number of hydrogen-bond donors (Lipinski definition) is 1. The number of carbonyl (C=O) groups excluding carboxylic acids is 3. The van der Waals surface area contributed by atoms with Crippen molar-refractivity contribution in [1.29, 1.82) is 0 Å². The number of carbonyl (C=O) groups is 3. The molecule has 1 fully saturated rings. The van der Waals surface area contributed by atoms with E-state index in [1.54, 1.807) is 42.7 Å². The van der Waals surface area contributed by atoms with Crippen molar-refractivity contribution < 1.29 is 23.9 Å². The summed E-state index contributed by atoms with van der Waals surface area (Å²) in [4.78, 5) is 50.1. The van der Waals surface area contributed by atoms with Gasteiger partial charge in [0, 0.05) is 35.9 Å². The van der Waals surface area contributed by atoms with Gasteiger partial charge in [-0.1, -0.05) is 42.5 Å². The molecule has 1 N–H and O–H groups in total. The van der Waals surface area contributed by atoms with Gasteiger partial charge in [0.15, 0.2) is 11.6 Å². The molecular weight excluding hydrogens is 530 g/mol. The molecule has 0 saturated carbocycles. The predicted molar refractivity (Wildman–Crippen MR) is 157 cm³/mol. The molecule has 4 heterocycles. The molecule has 3 aromatic carbocycles. The maximum atomic E-state index is 14.8. The summed E-state index contributed by atoms with van der Waals surface area (Å²) in [7, 11) is 3.03.